The molecule has 0 fully saturated rings. The molecule has 2 aromatic carbocycles. The molecule has 1 unspecified atom stereocenters. The SMILES string of the molecule is CC(C)C1Cc2cc(F)ccc2[C@H](O)[C@@H]1CCN(C)CCc1cccc(OCC(F)(F)F)c1. The van der Waals surface area contributed by atoms with E-state index >= 15 is 0 Å². The average Bonchev–Trinajstić information content (AvgIpc) is 2.75. The van der Waals surface area contributed by atoms with Crippen molar-refractivity contribution in [2.24, 2.45) is 17.8 Å². The van der Waals surface area contributed by atoms with Gasteiger partial charge in [0.2, 0.25) is 0 Å². The highest BCUT2D eigenvalue weighted by molar-refractivity contribution is 5.33. The van der Waals surface area contributed by atoms with Crippen LogP contribution in [0, 0.1) is 23.6 Å². The predicted octanol–water partition coefficient (Wildman–Crippen LogP) is 5.81. The molecule has 0 aliphatic heterocycles. The van der Waals surface area contributed by atoms with Crippen molar-refractivity contribution in [1.29, 1.82) is 0 Å². The molecule has 0 amide bonds. The maximum absolute atomic E-state index is 13.7. The van der Waals surface area contributed by atoms with Gasteiger partial charge in [-0.3, -0.25) is 0 Å². The van der Waals surface area contributed by atoms with E-state index in [1.165, 1.54) is 12.1 Å². The Morgan fingerprint density at radius 3 is 2.58 bits per heavy atom. The van der Waals surface area contributed by atoms with Crippen LogP contribution in [0.25, 0.3) is 0 Å². The Kier molecular flexibility index (Phi) is 8.40. The van der Waals surface area contributed by atoms with Crippen LogP contribution in [-0.4, -0.2) is 42.9 Å². The summed E-state index contributed by atoms with van der Waals surface area (Å²) >= 11 is 0. The number of aliphatic hydroxyl groups is 1. The normalized spacial score (nSPS) is 20.8. The smallest absolute Gasteiger partial charge is 0.422 e. The van der Waals surface area contributed by atoms with Gasteiger partial charge in [-0.1, -0.05) is 32.0 Å². The van der Waals surface area contributed by atoms with Crippen molar-refractivity contribution in [2.75, 3.05) is 26.7 Å². The van der Waals surface area contributed by atoms with Gasteiger partial charge in [-0.25, -0.2) is 4.39 Å². The molecule has 182 valence electrons. The molecule has 3 rings (SSSR count). The van der Waals surface area contributed by atoms with E-state index in [1.54, 1.807) is 24.3 Å². The lowest BCUT2D eigenvalue weighted by atomic mass is 9.68. The Labute approximate surface area is 193 Å². The van der Waals surface area contributed by atoms with Gasteiger partial charge >= 0.3 is 6.18 Å². The summed E-state index contributed by atoms with van der Waals surface area (Å²) in [5.41, 5.74) is 2.64. The number of benzene rings is 2. The zero-order valence-electron chi connectivity index (χ0n) is 19.4. The van der Waals surface area contributed by atoms with Crippen molar-refractivity contribution in [3.63, 3.8) is 0 Å². The lowest BCUT2D eigenvalue weighted by molar-refractivity contribution is -0.153. The van der Waals surface area contributed by atoms with Gasteiger partial charge in [0, 0.05) is 6.54 Å². The van der Waals surface area contributed by atoms with Gasteiger partial charge in [0.25, 0.3) is 0 Å². The van der Waals surface area contributed by atoms with Gasteiger partial charge in [0.15, 0.2) is 6.61 Å². The summed E-state index contributed by atoms with van der Waals surface area (Å²) in [6.45, 7) is 4.51. The maximum Gasteiger partial charge on any atom is 0.422 e. The molecule has 1 aliphatic carbocycles. The number of likely N-dealkylation sites (N-methyl/N-ethyl adjacent to an activating group) is 1. The van der Waals surface area contributed by atoms with Crippen LogP contribution >= 0.6 is 0 Å². The van der Waals surface area contributed by atoms with Crippen molar-refractivity contribution in [3.8, 4) is 5.75 Å². The molecule has 33 heavy (non-hydrogen) atoms. The molecule has 3 nitrogen and oxygen atoms in total. The summed E-state index contributed by atoms with van der Waals surface area (Å²) in [6, 6.07) is 11.4. The molecule has 2 aromatic rings. The summed E-state index contributed by atoms with van der Waals surface area (Å²) in [7, 11) is 2.01. The second kappa shape index (κ2) is 10.9. The predicted molar refractivity (Wildman–Crippen MR) is 121 cm³/mol. The molecule has 1 N–H and O–H groups in total. The topological polar surface area (TPSA) is 32.7 Å². The van der Waals surface area contributed by atoms with E-state index in [9.17, 15) is 22.7 Å². The molecule has 0 bridgehead atoms. The van der Waals surface area contributed by atoms with Gasteiger partial charge < -0.3 is 14.7 Å². The highest BCUT2D eigenvalue weighted by atomic mass is 19.4. The molecule has 0 spiro atoms. The fraction of sp³-hybridized carbons (Fsp3) is 0.538. The summed E-state index contributed by atoms with van der Waals surface area (Å²) in [6.07, 6.45) is -2.71. The Balaban J connectivity index is 1.55. The molecule has 0 aromatic heterocycles. The first-order valence-corrected chi connectivity index (χ1v) is 11.5. The largest absolute Gasteiger partial charge is 0.484 e. The minimum atomic E-state index is -4.36. The minimum Gasteiger partial charge on any atom is -0.484 e. The fourth-order valence-electron chi connectivity index (χ4n) is 4.77. The standard InChI is InChI=1S/C26H33F4NO2/c1-17(2)24-15-19-14-20(27)7-8-22(19)25(32)23(24)10-12-31(3)11-9-18-5-4-6-21(13-18)33-16-26(28,29)30/h4-8,13-14,17,23-25,32H,9-12,15-16H2,1-3H3/t23-,24?,25+/m1/s1. The van der Waals surface area contributed by atoms with Gasteiger partial charge in [-0.15, -0.1) is 0 Å². The second-order valence-electron chi connectivity index (χ2n) is 9.46. The summed E-state index contributed by atoms with van der Waals surface area (Å²) in [5.74, 6) is 0.669. The first-order valence-electron chi connectivity index (χ1n) is 11.5. The summed E-state index contributed by atoms with van der Waals surface area (Å²) in [5, 5.41) is 11.1. The first-order chi connectivity index (χ1) is 15.5. The number of halogens is 4. The van der Waals surface area contributed by atoms with Gasteiger partial charge in [-0.05, 0) is 91.6 Å². The van der Waals surface area contributed by atoms with Crippen molar-refractivity contribution in [1.82, 2.24) is 4.90 Å². The maximum atomic E-state index is 13.7. The summed E-state index contributed by atoms with van der Waals surface area (Å²) < 4.78 is 55.7. The number of rotatable bonds is 9. The van der Waals surface area contributed by atoms with Crippen LogP contribution in [0.1, 0.15) is 43.1 Å². The van der Waals surface area contributed by atoms with Crippen LogP contribution in [0.4, 0.5) is 17.6 Å². The lowest BCUT2D eigenvalue weighted by Gasteiger charge is -2.40. The van der Waals surface area contributed by atoms with E-state index in [1.807, 2.05) is 13.1 Å². The van der Waals surface area contributed by atoms with E-state index in [0.29, 0.717) is 12.3 Å². The van der Waals surface area contributed by atoms with Gasteiger partial charge in [-0.2, -0.15) is 13.2 Å². The van der Waals surface area contributed by atoms with E-state index < -0.39 is 18.9 Å². The van der Waals surface area contributed by atoms with Crippen LogP contribution < -0.4 is 4.74 Å². The highest BCUT2D eigenvalue weighted by Crippen LogP contribution is 2.43. The van der Waals surface area contributed by atoms with E-state index in [-0.39, 0.29) is 23.4 Å². The minimum absolute atomic E-state index is 0.0875. The average molecular weight is 468 g/mol. The van der Waals surface area contributed by atoms with E-state index in [2.05, 4.69) is 18.7 Å². The number of alkyl halides is 3. The van der Waals surface area contributed by atoms with Crippen molar-refractivity contribution in [3.05, 3.63) is 65.0 Å². The molecular weight excluding hydrogens is 434 g/mol. The third-order valence-electron chi connectivity index (χ3n) is 6.62. The third-order valence-corrected chi connectivity index (χ3v) is 6.62. The summed E-state index contributed by atoms with van der Waals surface area (Å²) in [4.78, 5) is 2.17. The van der Waals surface area contributed by atoms with Crippen LogP contribution in [-0.2, 0) is 12.8 Å². The Morgan fingerprint density at radius 2 is 1.88 bits per heavy atom. The number of hydrogen-bond acceptors (Lipinski definition) is 3. The van der Waals surface area contributed by atoms with Crippen molar-refractivity contribution >= 4 is 0 Å². The quantitative estimate of drug-likeness (QED) is 0.473. The Hall–Kier alpha value is -2.12. The molecule has 7 heteroatoms. The number of hydrogen-bond donors (Lipinski definition) is 1. The number of fused-ring (bicyclic) bond motifs is 1. The molecule has 0 radical (unpaired) electrons. The van der Waals surface area contributed by atoms with Crippen LogP contribution in [0.5, 0.6) is 5.75 Å². The van der Waals surface area contributed by atoms with Crippen molar-refractivity contribution in [2.45, 2.75) is 45.4 Å². The molecule has 0 heterocycles. The van der Waals surface area contributed by atoms with E-state index in [0.717, 1.165) is 42.6 Å². The lowest BCUT2D eigenvalue weighted by Crippen LogP contribution is -2.35. The van der Waals surface area contributed by atoms with Gasteiger partial charge in [0.05, 0.1) is 6.10 Å². The fourth-order valence-corrected chi connectivity index (χ4v) is 4.77. The zero-order chi connectivity index (χ0) is 24.2. The Morgan fingerprint density at radius 1 is 1.12 bits per heavy atom. The van der Waals surface area contributed by atoms with E-state index in [4.69, 9.17) is 4.74 Å². The molecule has 3 atom stereocenters. The molecule has 0 saturated carbocycles. The third kappa shape index (κ3) is 7.18. The second-order valence-corrected chi connectivity index (χ2v) is 9.46. The Bertz CT molecular complexity index is 915. The highest BCUT2D eigenvalue weighted by Gasteiger charge is 2.37. The van der Waals surface area contributed by atoms with Gasteiger partial charge in [0.1, 0.15) is 11.6 Å². The molecule has 0 saturated heterocycles. The molecular formula is C26H33F4NO2. The number of aliphatic hydroxyl groups excluding tert-OH is 1. The molecule has 1 aliphatic rings. The van der Waals surface area contributed by atoms with Crippen molar-refractivity contribution < 1.29 is 27.4 Å². The van der Waals surface area contributed by atoms with Crippen LogP contribution in [0.15, 0.2) is 42.5 Å². The first kappa shape index (κ1) is 25.5. The van der Waals surface area contributed by atoms with Crippen LogP contribution in [0.3, 0.4) is 0 Å². The number of nitrogens with zero attached hydrogens (tertiary/aromatic N) is 1. The number of ether oxygens (including phenoxy) is 1. The zero-order valence-corrected chi connectivity index (χ0v) is 19.4. The van der Waals surface area contributed by atoms with Crippen LogP contribution in [0.2, 0.25) is 0 Å². The monoisotopic (exact) mass is 467 g/mol.